The molecule has 0 fully saturated rings. The fourth-order valence-electron chi connectivity index (χ4n) is 6.95. The van der Waals surface area contributed by atoms with Gasteiger partial charge in [0.25, 0.3) is 20.2 Å². The summed E-state index contributed by atoms with van der Waals surface area (Å²) in [5.41, 5.74) is 0. The van der Waals surface area contributed by atoms with E-state index in [1.165, 1.54) is 114 Å². The van der Waals surface area contributed by atoms with Gasteiger partial charge in [0.2, 0.25) is 0 Å². The molecule has 66 heavy (non-hydrogen) atoms. The maximum absolute atomic E-state index is 12.3. The van der Waals surface area contributed by atoms with E-state index in [1.807, 2.05) is 0 Å². The van der Waals surface area contributed by atoms with Gasteiger partial charge < -0.3 is 18.6 Å². The van der Waals surface area contributed by atoms with Gasteiger partial charge in [-0.05, 0) is 37.1 Å². The molecule has 0 radical (unpaired) electrons. The Balaban J connectivity index is 0. The zero-order valence-corrected chi connectivity index (χ0v) is 46.7. The van der Waals surface area contributed by atoms with Crippen LogP contribution < -0.4 is 68.6 Å². The Labute approximate surface area is 439 Å². The van der Waals surface area contributed by atoms with Crippen molar-refractivity contribution in [1.29, 1.82) is 0 Å². The van der Waals surface area contributed by atoms with E-state index >= 15 is 0 Å². The van der Waals surface area contributed by atoms with Gasteiger partial charge in [-0.3, -0.25) is 18.7 Å². The molecule has 0 bridgehead atoms. The molecule has 2 aromatic rings. The molecule has 2 N–H and O–H groups in total. The van der Waals surface area contributed by atoms with Crippen molar-refractivity contribution >= 4 is 52.4 Å². The minimum Gasteiger partial charge on any atom is -0.744 e. The monoisotopic (exact) mass is 1030 g/mol. The Morgan fingerprint density at radius 2 is 0.667 bits per heavy atom. The fraction of sp³-hybridized carbons (Fsp3) is 0.682. The predicted octanol–water partition coefficient (Wildman–Crippen LogP) is 3.70. The number of carbonyl (C=O) groups is 2. The maximum atomic E-state index is 12.3. The number of rotatable bonds is 34. The fourth-order valence-corrected chi connectivity index (χ4v) is 9.66. The Morgan fingerprint density at radius 3 is 0.894 bits per heavy atom. The van der Waals surface area contributed by atoms with Gasteiger partial charge in [-0.25, -0.2) is 16.8 Å². The largest absolute Gasteiger partial charge is 1.00 e. The van der Waals surface area contributed by atoms with Gasteiger partial charge in [-0.15, -0.1) is 0 Å². The molecule has 2 aromatic carbocycles. The molecule has 0 aromatic heterocycles. The molecule has 2 atom stereocenters. The summed E-state index contributed by atoms with van der Waals surface area (Å²) in [5, 5.41) is -3.68. The van der Waals surface area contributed by atoms with Gasteiger partial charge in [0.1, 0.15) is 31.7 Å². The van der Waals surface area contributed by atoms with E-state index in [1.54, 1.807) is 0 Å². The first-order valence-corrected chi connectivity index (χ1v) is 28.4. The minimum atomic E-state index is -4.92. The van der Waals surface area contributed by atoms with E-state index in [2.05, 4.69) is 13.8 Å². The molecule has 0 spiro atoms. The zero-order valence-electron chi connectivity index (χ0n) is 39.4. The summed E-state index contributed by atoms with van der Waals surface area (Å²) in [4.78, 5) is 23.1. The standard InChI is InChI=1S/2C22H36O8S2.2Na/c2*1-2-3-4-5-6-7-8-9-10-11-12-13-18-21(32(27,28)29)22(23)30-19-16-14-15-17-20(19)31(24,25)26;;/h2*14-17,21H,2-13,18H2,1H3,(H,24,25,26)(H,27,28,29);;/q;;2*+1/p-2. The SMILES string of the molecule is CCCCCCCCCCCCCCC(C(=O)Oc1ccccc1S(=O)(=O)[O-])S(=O)(=O)O.CCCCCCCCCCCCCCC(C(=O)Oc1ccccc1S(=O)(=O)[O-])S(=O)(=O)O.[Na+].[Na+]. The van der Waals surface area contributed by atoms with Crippen LogP contribution in [-0.4, -0.2) is 74.3 Å². The molecule has 0 heterocycles. The third-order valence-electron chi connectivity index (χ3n) is 10.5. The second-order valence-corrected chi connectivity index (χ2v) is 21.9. The Bertz CT molecular complexity index is 1950. The first-order chi connectivity index (χ1) is 30.1. The molecule has 22 heteroatoms. The molecule has 0 aliphatic heterocycles. The molecule has 0 aliphatic rings. The molecule has 2 rings (SSSR count). The molecule has 368 valence electrons. The Kier molecular flexibility index (Phi) is 37.5. The summed E-state index contributed by atoms with van der Waals surface area (Å²) in [6, 6.07) is 9.29. The molecule has 0 amide bonds. The topological polar surface area (TPSA) is 276 Å². The van der Waals surface area contributed by atoms with Crippen molar-refractivity contribution in [2.75, 3.05) is 0 Å². The molecule has 16 nitrogen and oxygen atoms in total. The van der Waals surface area contributed by atoms with Crippen LogP contribution in [0.4, 0.5) is 0 Å². The maximum Gasteiger partial charge on any atom is 1.00 e. The summed E-state index contributed by atoms with van der Waals surface area (Å²) >= 11 is 0. The average molecular weight is 1030 g/mol. The molecule has 0 aliphatic carbocycles. The summed E-state index contributed by atoms with van der Waals surface area (Å²) in [7, 11) is -19.3. The van der Waals surface area contributed by atoms with E-state index in [9.17, 15) is 61.5 Å². The van der Waals surface area contributed by atoms with E-state index < -0.39 is 84.2 Å². The van der Waals surface area contributed by atoms with Crippen molar-refractivity contribution < 1.29 is 130 Å². The predicted molar refractivity (Wildman–Crippen MR) is 242 cm³/mol. The Morgan fingerprint density at radius 1 is 0.439 bits per heavy atom. The van der Waals surface area contributed by atoms with Crippen LogP contribution in [0.15, 0.2) is 58.3 Å². The number of esters is 2. The van der Waals surface area contributed by atoms with Crippen LogP contribution in [0.2, 0.25) is 0 Å². The van der Waals surface area contributed by atoms with Gasteiger partial charge in [0, 0.05) is 0 Å². The summed E-state index contributed by atoms with van der Waals surface area (Å²) in [6.45, 7) is 4.39. The number of carbonyl (C=O) groups excluding carboxylic acids is 2. The first-order valence-electron chi connectivity index (χ1n) is 22.6. The van der Waals surface area contributed by atoms with Crippen LogP contribution in [0.5, 0.6) is 11.5 Å². The molecular weight excluding hydrogens is 959 g/mol. The Hall–Kier alpha value is -0.980. The van der Waals surface area contributed by atoms with Crippen molar-refractivity contribution in [1.82, 2.24) is 0 Å². The summed E-state index contributed by atoms with van der Waals surface area (Å²) in [6.07, 6.45) is 25.4. The van der Waals surface area contributed by atoms with Crippen LogP contribution in [0.3, 0.4) is 0 Å². The van der Waals surface area contributed by atoms with Gasteiger partial charge in [0.05, 0.1) is 9.79 Å². The number of para-hydroxylation sites is 2. The number of ether oxygens (including phenoxy) is 2. The van der Waals surface area contributed by atoms with Crippen LogP contribution in [0.1, 0.15) is 181 Å². The van der Waals surface area contributed by atoms with Crippen LogP contribution >= 0.6 is 0 Å². The smallest absolute Gasteiger partial charge is 0.744 e. The average Bonchev–Trinajstić information content (AvgIpc) is 3.20. The third kappa shape index (κ3) is 30.6. The molecule has 0 saturated carbocycles. The van der Waals surface area contributed by atoms with Crippen LogP contribution in [-0.2, 0) is 50.1 Å². The van der Waals surface area contributed by atoms with E-state index in [0.717, 1.165) is 62.8 Å². The third-order valence-corrected chi connectivity index (χ3v) is 14.6. The van der Waals surface area contributed by atoms with Crippen LogP contribution in [0.25, 0.3) is 0 Å². The van der Waals surface area contributed by atoms with Gasteiger partial charge in [0.15, 0.2) is 10.5 Å². The summed E-state index contributed by atoms with van der Waals surface area (Å²) < 4.78 is 143. The molecule has 2 unspecified atom stereocenters. The minimum absolute atomic E-state index is 0. The number of unbranched alkanes of at least 4 members (excludes halogenated alkanes) is 22. The summed E-state index contributed by atoms with van der Waals surface area (Å²) in [5.74, 6) is -3.75. The van der Waals surface area contributed by atoms with Crippen molar-refractivity contribution in [3.05, 3.63) is 48.5 Å². The molecule has 0 saturated heterocycles. The van der Waals surface area contributed by atoms with E-state index in [-0.39, 0.29) is 72.0 Å². The van der Waals surface area contributed by atoms with E-state index in [0.29, 0.717) is 25.7 Å². The normalized spacial score (nSPS) is 12.7. The zero-order chi connectivity index (χ0) is 48.1. The number of hydrogen-bond acceptors (Lipinski definition) is 14. The van der Waals surface area contributed by atoms with Crippen molar-refractivity contribution in [2.45, 2.75) is 201 Å². The van der Waals surface area contributed by atoms with Gasteiger partial charge >= 0.3 is 71.1 Å². The van der Waals surface area contributed by atoms with Crippen LogP contribution in [0, 0.1) is 0 Å². The van der Waals surface area contributed by atoms with Crippen molar-refractivity contribution in [3.63, 3.8) is 0 Å². The second-order valence-electron chi connectivity index (χ2n) is 16.0. The van der Waals surface area contributed by atoms with Gasteiger partial charge in [-0.2, -0.15) is 16.8 Å². The van der Waals surface area contributed by atoms with Crippen molar-refractivity contribution in [2.24, 2.45) is 0 Å². The van der Waals surface area contributed by atoms with Gasteiger partial charge in [-0.1, -0.05) is 192 Å². The van der Waals surface area contributed by atoms with Crippen molar-refractivity contribution in [3.8, 4) is 11.5 Å². The first kappa shape index (κ1) is 67.1. The quantitative estimate of drug-likeness (QED) is 0.0332. The van der Waals surface area contributed by atoms with E-state index in [4.69, 9.17) is 9.47 Å². The molecular formula is C44H70Na2O16S4. The number of benzene rings is 2. The second kappa shape index (κ2) is 36.9. The number of hydrogen-bond donors (Lipinski definition) is 2.